The number of aryl methyl sites for hydroxylation is 1. The lowest BCUT2D eigenvalue weighted by molar-refractivity contribution is -0.121. The largest absolute Gasteiger partial charge is 0.469 e. The average molecular weight is 274 g/mol. The molecule has 0 saturated carbocycles. The monoisotopic (exact) mass is 274 g/mol. The van der Waals surface area contributed by atoms with Crippen molar-refractivity contribution in [3.05, 3.63) is 54.0 Å². The van der Waals surface area contributed by atoms with Crippen LogP contribution in [0.25, 0.3) is 0 Å². The molecule has 0 fully saturated rings. The molecule has 0 aliphatic carbocycles. The molecule has 0 radical (unpaired) electrons. The highest BCUT2D eigenvalue weighted by Crippen LogP contribution is 2.13. The Morgan fingerprint density at radius 1 is 1.30 bits per heavy atom. The number of rotatable bonds is 6. The Kier molecular flexibility index (Phi) is 4.79. The van der Waals surface area contributed by atoms with Gasteiger partial charge in [-0.05, 0) is 29.8 Å². The number of anilines is 1. The van der Waals surface area contributed by atoms with E-state index in [4.69, 9.17) is 10.2 Å². The van der Waals surface area contributed by atoms with E-state index in [0.717, 1.165) is 11.3 Å². The van der Waals surface area contributed by atoms with Gasteiger partial charge in [0.25, 0.3) is 0 Å². The van der Waals surface area contributed by atoms with Crippen molar-refractivity contribution in [2.45, 2.75) is 18.9 Å². The van der Waals surface area contributed by atoms with Crippen LogP contribution in [0.3, 0.4) is 0 Å². The average Bonchev–Trinajstić information content (AvgIpc) is 2.96. The van der Waals surface area contributed by atoms with E-state index in [1.54, 1.807) is 36.6 Å². The summed E-state index contributed by atoms with van der Waals surface area (Å²) < 4.78 is 5.15. The molecule has 0 aliphatic heterocycles. The molecule has 0 bridgehead atoms. The molecule has 5 nitrogen and oxygen atoms in total. The summed E-state index contributed by atoms with van der Waals surface area (Å²) >= 11 is 0. The summed E-state index contributed by atoms with van der Waals surface area (Å²) in [6.07, 6.45) is 1.74. The Hall–Kier alpha value is -2.27. The number of nitrogens with one attached hydrogen (secondary N) is 1. The molecular formula is C15H18N2O3. The van der Waals surface area contributed by atoms with E-state index in [0.29, 0.717) is 18.5 Å². The van der Waals surface area contributed by atoms with Gasteiger partial charge in [-0.2, -0.15) is 0 Å². The summed E-state index contributed by atoms with van der Waals surface area (Å²) in [6, 6.07) is 10.5. The smallest absolute Gasteiger partial charge is 0.220 e. The molecule has 2 aromatic rings. The first-order valence-corrected chi connectivity index (χ1v) is 6.48. The van der Waals surface area contributed by atoms with E-state index >= 15 is 0 Å². The highest BCUT2D eigenvalue weighted by molar-refractivity contribution is 5.76. The maximum atomic E-state index is 11.6. The van der Waals surface area contributed by atoms with Gasteiger partial charge in [-0.3, -0.25) is 4.79 Å². The molecule has 1 aromatic carbocycles. The van der Waals surface area contributed by atoms with Gasteiger partial charge in [0, 0.05) is 25.1 Å². The molecule has 0 aliphatic rings. The number of hydrogen-bond acceptors (Lipinski definition) is 4. The number of furan rings is 1. The maximum absolute atomic E-state index is 11.6. The van der Waals surface area contributed by atoms with E-state index < -0.39 is 6.10 Å². The molecule has 2 rings (SSSR count). The minimum absolute atomic E-state index is 0.115. The number of carbonyl (C=O) groups excluding carboxylic acids is 1. The van der Waals surface area contributed by atoms with Gasteiger partial charge in [0.2, 0.25) is 5.91 Å². The van der Waals surface area contributed by atoms with Crippen LogP contribution >= 0.6 is 0 Å². The SMILES string of the molecule is Nc1ccc(C(O)CNC(=O)CCc2ccco2)cc1. The lowest BCUT2D eigenvalue weighted by Crippen LogP contribution is -2.28. The molecule has 1 amide bonds. The normalized spacial score (nSPS) is 12.1. The molecule has 1 heterocycles. The molecule has 0 spiro atoms. The van der Waals surface area contributed by atoms with Crippen molar-refractivity contribution in [2.24, 2.45) is 0 Å². The van der Waals surface area contributed by atoms with E-state index in [9.17, 15) is 9.90 Å². The Morgan fingerprint density at radius 2 is 2.05 bits per heavy atom. The van der Waals surface area contributed by atoms with Crippen LogP contribution in [0.15, 0.2) is 47.1 Å². The number of aliphatic hydroxyl groups is 1. The van der Waals surface area contributed by atoms with Gasteiger partial charge in [-0.15, -0.1) is 0 Å². The van der Waals surface area contributed by atoms with E-state index in [1.807, 2.05) is 6.07 Å². The van der Waals surface area contributed by atoms with Crippen molar-refractivity contribution in [1.29, 1.82) is 0 Å². The zero-order chi connectivity index (χ0) is 14.4. The van der Waals surface area contributed by atoms with Gasteiger partial charge in [-0.1, -0.05) is 12.1 Å². The first-order chi connectivity index (χ1) is 9.65. The second kappa shape index (κ2) is 6.77. The van der Waals surface area contributed by atoms with Crippen molar-refractivity contribution < 1.29 is 14.3 Å². The van der Waals surface area contributed by atoms with Crippen molar-refractivity contribution in [1.82, 2.24) is 5.32 Å². The Bertz CT molecular complexity index is 535. The minimum Gasteiger partial charge on any atom is -0.469 e. The minimum atomic E-state index is -0.733. The van der Waals surface area contributed by atoms with E-state index in [2.05, 4.69) is 5.32 Å². The number of benzene rings is 1. The second-order valence-electron chi connectivity index (χ2n) is 4.57. The number of nitrogen functional groups attached to an aromatic ring is 1. The molecule has 1 unspecified atom stereocenters. The first kappa shape index (κ1) is 14.1. The summed E-state index contributed by atoms with van der Waals surface area (Å²) in [6.45, 7) is 0.181. The van der Waals surface area contributed by atoms with E-state index in [1.165, 1.54) is 0 Å². The Labute approximate surface area is 117 Å². The topological polar surface area (TPSA) is 88.5 Å². The zero-order valence-electron chi connectivity index (χ0n) is 11.1. The van der Waals surface area contributed by atoms with Crippen LogP contribution in [-0.4, -0.2) is 17.6 Å². The predicted molar refractivity (Wildman–Crippen MR) is 75.9 cm³/mol. The Morgan fingerprint density at radius 3 is 2.70 bits per heavy atom. The van der Waals surface area contributed by atoms with Gasteiger partial charge < -0.3 is 20.6 Å². The van der Waals surface area contributed by atoms with Crippen LogP contribution in [0.1, 0.15) is 23.8 Å². The summed E-state index contributed by atoms with van der Waals surface area (Å²) in [4.78, 5) is 11.6. The molecule has 4 N–H and O–H groups in total. The highest BCUT2D eigenvalue weighted by Gasteiger charge is 2.09. The van der Waals surface area contributed by atoms with Crippen LogP contribution in [0.5, 0.6) is 0 Å². The number of aliphatic hydroxyl groups excluding tert-OH is 1. The van der Waals surface area contributed by atoms with E-state index in [-0.39, 0.29) is 12.5 Å². The molecule has 106 valence electrons. The van der Waals surface area contributed by atoms with Crippen LogP contribution < -0.4 is 11.1 Å². The van der Waals surface area contributed by atoms with Gasteiger partial charge in [-0.25, -0.2) is 0 Å². The predicted octanol–water partition coefficient (Wildman–Crippen LogP) is 1.64. The Balaban J connectivity index is 1.73. The number of carbonyl (C=O) groups is 1. The summed E-state index contributed by atoms with van der Waals surface area (Å²) in [7, 11) is 0. The fourth-order valence-electron chi connectivity index (χ4n) is 1.83. The molecule has 20 heavy (non-hydrogen) atoms. The van der Waals surface area contributed by atoms with Crippen molar-refractivity contribution in [3.8, 4) is 0 Å². The lowest BCUT2D eigenvalue weighted by atomic mass is 10.1. The standard InChI is InChI=1S/C15H18N2O3/c16-12-5-3-11(4-6-12)14(18)10-17-15(19)8-7-13-2-1-9-20-13/h1-6,9,14,18H,7-8,10,16H2,(H,17,19). The lowest BCUT2D eigenvalue weighted by Gasteiger charge is -2.12. The van der Waals surface area contributed by atoms with Crippen molar-refractivity contribution >= 4 is 11.6 Å². The third-order valence-corrected chi connectivity index (χ3v) is 2.99. The second-order valence-corrected chi connectivity index (χ2v) is 4.57. The summed E-state index contributed by atoms with van der Waals surface area (Å²) in [5.74, 6) is 0.662. The number of nitrogens with two attached hydrogens (primary N) is 1. The van der Waals surface area contributed by atoms with Gasteiger partial charge in [0.1, 0.15) is 5.76 Å². The highest BCUT2D eigenvalue weighted by atomic mass is 16.3. The zero-order valence-corrected chi connectivity index (χ0v) is 11.1. The van der Waals surface area contributed by atoms with Gasteiger partial charge >= 0.3 is 0 Å². The third-order valence-electron chi connectivity index (χ3n) is 2.99. The molecular weight excluding hydrogens is 256 g/mol. The first-order valence-electron chi connectivity index (χ1n) is 6.48. The molecule has 0 saturated heterocycles. The van der Waals surface area contributed by atoms with Crippen molar-refractivity contribution in [2.75, 3.05) is 12.3 Å². The number of hydrogen-bond donors (Lipinski definition) is 3. The van der Waals surface area contributed by atoms with Crippen LogP contribution in [0.4, 0.5) is 5.69 Å². The van der Waals surface area contributed by atoms with Crippen LogP contribution in [-0.2, 0) is 11.2 Å². The van der Waals surface area contributed by atoms with Gasteiger partial charge in [0.15, 0.2) is 0 Å². The summed E-state index contributed by atoms with van der Waals surface area (Å²) in [5, 5.41) is 12.6. The third kappa shape index (κ3) is 4.13. The van der Waals surface area contributed by atoms with Crippen LogP contribution in [0, 0.1) is 0 Å². The maximum Gasteiger partial charge on any atom is 0.220 e. The van der Waals surface area contributed by atoms with Gasteiger partial charge in [0.05, 0.1) is 12.4 Å². The fraction of sp³-hybridized carbons (Fsp3) is 0.267. The van der Waals surface area contributed by atoms with Crippen molar-refractivity contribution in [3.63, 3.8) is 0 Å². The molecule has 1 atom stereocenters. The molecule has 1 aromatic heterocycles. The quantitative estimate of drug-likeness (QED) is 0.699. The number of amides is 1. The fourth-order valence-corrected chi connectivity index (χ4v) is 1.83. The van der Waals surface area contributed by atoms with Crippen LogP contribution in [0.2, 0.25) is 0 Å². The summed E-state index contributed by atoms with van der Waals surface area (Å²) in [5.41, 5.74) is 6.94. The molecule has 5 heteroatoms.